The zero-order valence-electron chi connectivity index (χ0n) is 12.5. The lowest BCUT2D eigenvalue weighted by Gasteiger charge is -2.32. The van der Waals surface area contributed by atoms with Crippen molar-refractivity contribution in [3.63, 3.8) is 0 Å². The van der Waals surface area contributed by atoms with Gasteiger partial charge in [-0.15, -0.1) is 0 Å². The van der Waals surface area contributed by atoms with Gasteiger partial charge in [0.2, 0.25) is 0 Å². The molecule has 2 aliphatic heterocycles. The Bertz CT molecular complexity index is 693. The zero-order chi connectivity index (χ0) is 14.9. The van der Waals surface area contributed by atoms with Gasteiger partial charge in [-0.1, -0.05) is 24.3 Å². The second kappa shape index (κ2) is 5.48. The molecule has 0 bridgehead atoms. The topological polar surface area (TPSA) is 50.2 Å². The summed E-state index contributed by atoms with van der Waals surface area (Å²) in [5, 5.41) is 3.18. The molecule has 1 unspecified atom stereocenters. The van der Waals surface area contributed by atoms with E-state index in [-0.39, 0.29) is 12.1 Å². The first kappa shape index (κ1) is 13.4. The van der Waals surface area contributed by atoms with E-state index in [4.69, 9.17) is 0 Å². The number of nitrogens with zero attached hydrogens (tertiary/aromatic N) is 3. The predicted molar refractivity (Wildman–Crippen MR) is 83.4 cm³/mol. The number of nitrogens with one attached hydrogen (secondary N) is 1. The van der Waals surface area contributed by atoms with E-state index in [1.54, 1.807) is 0 Å². The highest BCUT2D eigenvalue weighted by Gasteiger charge is 2.25. The molecule has 3 heterocycles. The van der Waals surface area contributed by atoms with E-state index in [1.807, 2.05) is 23.4 Å². The normalized spacial score (nSPS) is 20.2. The quantitative estimate of drug-likeness (QED) is 0.874. The van der Waals surface area contributed by atoms with Crippen molar-refractivity contribution in [1.82, 2.24) is 19.8 Å². The Morgan fingerprint density at radius 1 is 1.23 bits per heavy atom. The molecule has 1 aromatic heterocycles. The molecule has 0 spiro atoms. The number of carbonyl (C=O) groups excluding carboxylic acids is 1. The average Bonchev–Trinajstić information content (AvgIpc) is 3.02. The molecule has 0 saturated heterocycles. The fourth-order valence-corrected chi connectivity index (χ4v) is 3.41. The van der Waals surface area contributed by atoms with Crippen LogP contribution in [-0.4, -0.2) is 33.1 Å². The van der Waals surface area contributed by atoms with Crippen molar-refractivity contribution in [2.75, 3.05) is 6.54 Å². The monoisotopic (exact) mass is 296 g/mol. The molecule has 4 rings (SSSR count). The van der Waals surface area contributed by atoms with Crippen molar-refractivity contribution in [2.45, 2.75) is 38.4 Å². The number of imidazole rings is 1. The van der Waals surface area contributed by atoms with Crippen molar-refractivity contribution in [2.24, 2.45) is 0 Å². The minimum Gasteiger partial charge on any atom is -0.335 e. The van der Waals surface area contributed by atoms with Crippen LogP contribution >= 0.6 is 0 Å². The number of rotatable bonds is 1. The Morgan fingerprint density at radius 3 is 3.00 bits per heavy atom. The smallest absolute Gasteiger partial charge is 0.317 e. The van der Waals surface area contributed by atoms with E-state index in [9.17, 15) is 4.79 Å². The molecule has 1 N–H and O–H groups in total. The highest BCUT2D eigenvalue weighted by molar-refractivity contribution is 5.75. The van der Waals surface area contributed by atoms with E-state index in [0.29, 0.717) is 6.54 Å². The molecule has 1 atom stereocenters. The SMILES string of the molecule is O=C(NC1CCn2ccnc2C1)N1CCc2ccccc2C1. The van der Waals surface area contributed by atoms with E-state index < -0.39 is 0 Å². The fraction of sp³-hybridized carbons (Fsp3) is 0.412. The van der Waals surface area contributed by atoms with Gasteiger partial charge >= 0.3 is 6.03 Å². The van der Waals surface area contributed by atoms with Gasteiger partial charge in [-0.2, -0.15) is 0 Å². The number of benzene rings is 1. The molecule has 2 aliphatic rings. The molecule has 0 saturated carbocycles. The minimum atomic E-state index is 0.0551. The first-order valence-electron chi connectivity index (χ1n) is 7.92. The summed E-state index contributed by atoms with van der Waals surface area (Å²) in [4.78, 5) is 18.8. The average molecular weight is 296 g/mol. The third-order valence-electron chi connectivity index (χ3n) is 4.69. The summed E-state index contributed by atoms with van der Waals surface area (Å²) in [6.07, 6.45) is 6.58. The standard InChI is InChI=1S/C17H20N4O/c22-17(19-15-6-9-20-10-7-18-16(20)11-15)21-8-5-13-3-1-2-4-14(13)12-21/h1-4,7,10,15H,5-6,8-9,11-12H2,(H,19,22). The Kier molecular flexibility index (Phi) is 3.33. The van der Waals surface area contributed by atoms with Gasteiger partial charge < -0.3 is 14.8 Å². The first-order valence-corrected chi connectivity index (χ1v) is 7.92. The van der Waals surface area contributed by atoms with Crippen LogP contribution in [0.1, 0.15) is 23.4 Å². The molecule has 0 aliphatic carbocycles. The molecule has 0 fully saturated rings. The number of aryl methyl sites for hydroxylation is 1. The predicted octanol–water partition coefficient (Wildman–Crippen LogP) is 1.97. The van der Waals surface area contributed by atoms with Crippen LogP contribution in [-0.2, 0) is 25.9 Å². The Balaban J connectivity index is 1.39. The molecule has 5 nitrogen and oxygen atoms in total. The maximum absolute atomic E-state index is 12.5. The molecule has 2 aromatic rings. The van der Waals surface area contributed by atoms with E-state index in [1.165, 1.54) is 11.1 Å². The summed E-state index contributed by atoms with van der Waals surface area (Å²) in [7, 11) is 0. The molecule has 5 heteroatoms. The van der Waals surface area contributed by atoms with Gasteiger partial charge in [0.15, 0.2) is 0 Å². The number of hydrogen-bond acceptors (Lipinski definition) is 2. The largest absolute Gasteiger partial charge is 0.335 e. The number of hydrogen-bond donors (Lipinski definition) is 1. The van der Waals surface area contributed by atoms with Crippen molar-refractivity contribution in [1.29, 1.82) is 0 Å². The highest BCUT2D eigenvalue weighted by Crippen LogP contribution is 2.19. The molecule has 1 aromatic carbocycles. The molecule has 0 radical (unpaired) electrons. The van der Waals surface area contributed by atoms with Crippen LogP contribution in [0.2, 0.25) is 0 Å². The van der Waals surface area contributed by atoms with Crippen LogP contribution in [0.15, 0.2) is 36.7 Å². The second-order valence-electron chi connectivity index (χ2n) is 6.12. The van der Waals surface area contributed by atoms with Crippen molar-refractivity contribution in [3.05, 3.63) is 53.6 Å². The first-order chi connectivity index (χ1) is 10.8. The maximum atomic E-state index is 12.5. The number of amides is 2. The Labute approximate surface area is 130 Å². The molecular formula is C17H20N4O. The third kappa shape index (κ3) is 2.47. The molecule has 22 heavy (non-hydrogen) atoms. The van der Waals surface area contributed by atoms with Gasteiger partial charge in [0.25, 0.3) is 0 Å². The third-order valence-corrected chi connectivity index (χ3v) is 4.69. The summed E-state index contributed by atoms with van der Waals surface area (Å²) >= 11 is 0. The van der Waals surface area contributed by atoms with Crippen molar-refractivity contribution < 1.29 is 4.79 Å². The van der Waals surface area contributed by atoms with Gasteiger partial charge in [0.05, 0.1) is 0 Å². The maximum Gasteiger partial charge on any atom is 0.317 e. The van der Waals surface area contributed by atoms with Gasteiger partial charge in [0.1, 0.15) is 5.82 Å². The fourth-order valence-electron chi connectivity index (χ4n) is 3.41. The summed E-state index contributed by atoms with van der Waals surface area (Å²) in [5.41, 5.74) is 2.63. The van der Waals surface area contributed by atoms with Gasteiger partial charge in [-0.05, 0) is 24.0 Å². The summed E-state index contributed by atoms with van der Waals surface area (Å²) in [6.45, 7) is 2.44. The van der Waals surface area contributed by atoms with Crippen LogP contribution in [0.4, 0.5) is 4.79 Å². The molecule has 114 valence electrons. The number of aromatic nitrogens is 2. The lowest BCUT2D eigenvalue weighted by atomic mass is 10.0. The Morgan fingerprint density at radius 2 is 2.09 bits per heavy atom. The number of fused-ring (bicyclic) bond motifs is 2. The summed E-state index contributed by atoms with van der Waals surface area (Å²) in [6, 6.07) is 8.64. The highest BCUT2D eigenvalue weighted by atomic mass is 16.2. The second-order valence-corrected chi connectivity index (χ2v) is 6.12. The van der Waals surface area contributed by atoms with Gasteiger partial charge in [-0.25, -0.2) is 9.78 Å². The zero-order valence-corrected chi connectivity index (χ0v) is 12.5. The van der Waals surface area contributed by atoms with Crippen LogP contribution in [0.25, 0.3) is 0 Å². The van der Waals surface area contributed by atoms with E-state index in [0.717, 1.165) is 38.2 Å². The van der Waals surface area contributed by atoms with Crippen LogP contribution < -0.4 is 5.32 Å². The molecular weight excluding hydrogens is 276 g/mol. The van der Waals surface area contributed by atoms with Crippen molar-refractivity contribution >= 4 is 6.03 Å². The van der Waals surface area contributed by atoms with E-state index >= 15 is 0 Å². The van der Waals surface area contributed by atoms with Gasteiger partial charge in [0, 0.05) is 44.5 Å². The summed E-state index contributed by atoms with van der Waals surface area (Å²) in [5.74, 6) is 1.07. The van der Waals surface area contributed by atoms with Crippen molar-refractivity contribution in [3.8, 4) is 0 Å². The minimum absolute atomic E-state index is 0.0551. The van der Waals surface area contributed by atoms with Crippen LogP contribution in [0.5, 0.6) is 0 Å². The lowest BCUT2D eigenvalue weighted by molar-refractivity contribution is 0.185. The lowest BCUT2D eigenvalue weighted by Crippen LogP contribution is -2.48. The van der Waals surface area contributed by atoms with E-state index in [2.05, 4.69) is 33.1 Å². The number of urea groups is 1. The molecule has 2 amide bonds. The van der Waals surface area contributed by atoms with Crippen LogP contribution in [0.3, 0.4) is 0 Å². The Hall–Kier alpha value is -2.30. The number of carbonyl (C=O) groups is 1. The van der Waals surface area contributed by atoms with Crippen LogP contribution in [0, 0.1) is 0 Å². The summed E-state index contributed by atoms with van der Waals surface area (Å²) < 4.78 is 2.17. The van der Waals surface area contributed by atoms with Gasteiger partial charge in [-0.3, -0.25) is 0 Å².